The summed E-state index contributed by atoms with van der Waals surface area (Å²) in [4.78, 5) is 50.4. The standard InChI is InChI=1S/C29H31BrN4O4S.C18H36O2/c1-16-14-32-28-23(8-9-24(35)38-27(29(36)37-4)19-10-12-39-15-19)33-25(22-7-5-6-11-31-22)20-13-21(30)17(2)18(3)26(20)34(16)28;1-2-3-4-5-6-7-8-9-10-11-12-13-14-15-16-17-18(19)20/h5-7,11,13-14,19,23,27H,8-10,12,15H2,1-4H3;2-17H2,1H3,(H,19,20)/t19?,23-,27?;/m0./s1. The second-order valence-corrected chi connectivity index (χ2v) is 18.0. The molecule has 0 radical (unpaired) electrons. The Bertz CT molecular complexity index is 1810. The van der Waals surface area contributed by atoms with Crippen molar-refractivity contribution in [3.05, 3.63) is 75.0 Å². The highest BCUT2D eigenvalue weighted by atomic mass is 79.9. The zero-order valence-corrected chi connectivity index (χ0v) is 38.5. The number of hydrogen-bond donors (Lipinski definition) is 1. The third-order valence-electron chi connectivity index (χ3n) is 11.4. The van der Waals surface area contributed by atoms with Crippen LogP contribution in [0.1, 0.15) is 169 Å². The number of imidazole rings is 1. The molecule has 10 nitrogen and oxygen atoms in total. The maximum absolute atomic E-state index is 13.1. The third kappa shape index (κ3) is 14.9. The van der Waals surface area contributed by atoms with Crippen molar-refractivity contribution in [2.45, 2.75) is 162 Å². The zero-order chi connectivity index (χ0) is 42.6. The first kappa shape index (κ1) is 48.2. The van der Waals surface area contributed by atoms with E-state index in [0.29, 0.717) is 12.8 Å². The minimum absolute atomic E-state index is 0.0289. The van der Waals surface area contributed by atoms with Crippen molar-refractivity contribution in [3.8, 4) is 5.69 Å². The Hall–Kier alpha value is -3.51. The van der Waals surface area contributed by atoms with E-state index in [1.807, 2.05) is 31.3 Å². The molecule has 12 heteroatoms. The van der Waals surface area contributed by atoms with Crippen LogP contribution in [0.3, 0.4) is 0 Å². The van der Waals surface area contributed by atoms with Gasteiger partial charge in [0.15, 0.2) is 0 Å². The number of carbonyl (C=O) groups is 3. The molecule has 2 aromatic heterocycles. The second-order valence-electron chi connectivity index (χ2n) is 16.0. The Labute approximate surface area is 365 Å². The van der Waals surface area contributed by atoms with E-state index < -0.39 is 30.1 Å². The molecule has 0 bridgehead atoms. The number of halogens is 1. The van der Waals surface area contributed by atoms with Crippen molar-refractivity contribution in [2.24, 2.45) is 10.9 Å². The van der Waals surface area contributed by atoms with Crippen LogP contribution in [0.15, 0.2) is 46.1 Å². The van der Waals surface area contributed by atoms with E-state index in [4.69, 9.17) is 24.6 Å². The van der Waals surface area contributed by atoms with Crippen molar-refractivity contribution in [2.75, 3.05) is 18.6 Å². The van der Waals surface area contributed by atoms with Gasteiger partial charge in [-0.05, 0) is 75.1 Å². The summed E-state index contributed by atoms with van der Waals surface area (Å²) in [6.45, 7) is 8.48. The molecule has 1 aromatic carbocycles. The van der Waals surface area contributed by atoms with E-state index in [0.717, 1.165) is 80.5 Å². The zero-order valence-electron chi connectivity index (χ0n) is 36.1. The van der Waals surface area contributed by atoms with Gasteiger partial charge in [-0.1, -0.05) is 119 Å². The number of esters is 2. The van der Waals surface area contributed by atoms with Gasteiger partial charge in [0.2, 0.25) is 6.10 Å². The summed E-state index contributed by atoms with van der Waals surface area (Å²) >= 11 is 5.49. The van der Waals surface area contributed by atoms with E-state index in [1.54, 1.807) is 18.0 Å². The average Bonchev–Trinajstić information content (AvgIpc) is 3.88. The smallest absolute Gasteiger partial charge is 0.347 e. The Morgan fingerprint density at radius 2 is 1.54 bits per heavy atom. The summed E-state index contributed by atoms with van der Waals surface area (Å²) in [6, 6.07) is 7.43. The van der Waals surface area contributed by atoms with Crippen molar-refractivity contribution >= 4 is 51.3 Å². The topological polar surface area (TPSA) is 133 Å². The molecule has 2 aliphatic rings. The number of benzene rings is 1. The Kier molecular flexibility index (Phi) is 21.2. The molecule has 3 aromatic rings. The predicted molar refractivity (Wildman–Crippen MR) is 242 cm³/mol. The molecule has 5 rings (SSSR count). The average molecular weight is 896 g/mol. The van der Waals surface area contributed by atoms with Gasteiger partial charge in [0.05, 0.1) is 24.2 Å². The number of ether oxygens (including phenoxy) is 2. The predicted octanol–water partition coefficient (Wildman–Crippen LogP) is 11.8. The number of pyridine rings is 1. The van der Waals surface area contributed by atoms with E-state index in [-0.39, 0.29) is 12.3 Å². The fourth-order valence-electron chi connectivity index (χ4n) is 7.84. The monoisotopic (exact) mass is 894 g/mol. The number of fused-ring (bicyclic) bond motifs is 3. The first-order chi connectivity index (χ1) is 28.6. The summed E-state index contributed by atoms with van der Waals surface area (Å²) in [5.74, 6) is 0.853. The van der Waals surface area contributed by atoms with Crippen molar-refractivity contribution < 1.29 is 29.0 Å². The van der Waals surface area contributed by atoms with Crippen LogP contribution in [0.5, 0.6) is 0 Å². The lowest BCUT2D eigenvalue weighted by Gasteiger charge is -2.21. The maximum Gasteiger partial charge on any atom is 0.347 e. The number of unbranched alkanes of at least 4 members (excludes halogenated alkanes) is 14. The number of aryl methyl sites for hydroxylation is 1. The number of nitrogens with zero attached hydrogens (tertiary/aromatic N) is 4. The van der Waals surface area contributed by atoms with Gasteiger partial charge in [-0.15, -0.1) is 0 Å². The van der Waals surface area contributed by atoms with E-state index in [2.05, 4.69) is 52.3 Å². The molecule has 0 spiro atoms. The minimum Gasteiger partial charge on any atom is -0.481 e. The van der Waals surface area contributed by atoms with Crippen LogP contribution in [0.2, 0.25) is 0 Å². The number of carboxylic acids is 1. The van der Waals surface area contributed by atoms with Crippen LogP contribution < -0.4 is 0 Å². The SMILES string of the molecule is CCCCCCCCCCCCCCCCCC(=O)O.COC(=O)C(OC(=O)CC[C@@H]1N=C(c2ccccn2)c2cc(Br)c(C)c(C)c2-n2c(C)cnc21)C1CCSC1. The van der Waals surface area contributed by atoms with Gasteiger partial charge in [-0.3, -0.25) is 24.1 Å². The van der Waals surface area contributed by atoms with Gasteiger partial charge in [0, 0.05) is 52.6 Å². The quantitative estimate of drug-likeness (QED) is 0.0729. The molecule has 324 valence electrons. The van der Waals surface area contributed by atoms with Crippen LogP contribution in [0.4, 0.5) is 0 Å². The van der Waals surface area contributed by atoms with Gasteiger partial charge >= 0.3 is 17.9 Å². The normalized spacial score (nSPS) is 16.2. The van der Waals surface area contributed by atoms with Gasteiger partial charge in [0.1, 0.15) is 11.9 Å². The lowest BCUT2D eigenvalue weighted by Crippen LogP contribution is -2.35. The Balaban J connectivity index is 0.000000327. The molecular formula is C47H67BrN4O6S. The molecule has 1 N–H and O–H groups in total. The number of aliphatic carboxylic acids is 1. The summed E-state index contributed by atoms with van der Waals surface area (Å²) in [7, 11) is 1.33. The Morgan fingerprint density at radius 3 is 2.10 bits per heavy atom. The molecule has 0 saturated carbocycles. The molecule has 1 saturated heterocycles. The highest BCUT2D eigenvalue weighted by Gasteiger charge is 2.36. The largest absolute Gasteiger partial charge is 0.481 e. The van der Waals surface area contributed by atoms with Gasteiger partial charge in [0.25, 0.3) is 0 Å². The number of rotatable bonds is 23. The lowest BCUT2D eigenvalue weighted by atomic mass is 9.97. The number of hydrogen-bond acceptors (Lipinski definition) is 9. The Morgan fingerprint density at radius 1 is 0.898 bits per heavy atom. The molecular weight excluding hydrogens is 829 g/mol. The number of thioether (sulfide) groups is 1. The molecule has 59 heavy (non-hydrogen) atoms. The number of methoxy groups -OCH3 is 1. The van der Waals surface area contributed by atoms with E-state index in [9.17, 15) is 14.4 Å². The number of aliphatic imine (C=N–C) groups is 1. The minimum atomic E-state index is -0.879. The second kappa shape index (κ2) is 26.0. The summed E-state index contributed by atoms with van der Waals surface area (Å²) in [5, 5.41) is 8.52. The van der Waals surface area contributed by atoms with Gasteiger partial charge < -0.3 is 14.6 Å². The van der Waals surface area contributed by atoms with Gasteiger partial charge in [-0.2, -0.15) is 11.8 Å². The first-order valence-corrected chi connectivity index (χ1v) is 23.9. The summed E-state index contributed by atoms with van der Waals surface area (Å²) < 4.78 is 13.8. The van der Waals surface area contributed by atoms with Crippen molar-refractivity contribution in [1.29, 1.82) is 0 Å². The summed E-state index contributed by atoms with van der Waals surface area (Å²) in [5.41, 5.74) is 6.67. The third-order valence-corrected chi connectivity index (χ3v) is 13.4. The highest BCUT2D eigenvalue weighted by molar-refractivity contribution is 9.10. The van der Waals surface area contributed by atoms with Crippen LogP contribution in [-0.4, -0.2) is 68.0 Å². The summed E-state index contributed by atoms with van der Waals surface area (Å²) in [6.07, 6.45) is 24.2. The molecule has 2 aliphatic heterocycles. The lowest BCUT2D eigenvalue weighted by molar-refractivity contribution is -0.169. The van der Waals surface area contributed by atoms with Crippen LogP contribution in [-0.2, 0) is 23.9 Å². The number of carboxylic acid groups (broad SMARTS) is 1. The number of aromatic nitrogens is 3. The van der Waals surface area contributed by atoms with Crippen molar-refractivity contribution in [1.82, 2.24) is 14.5 Å². The van der Waals surface area contributed by atoms with Crippen LogP contribution in [0.25, 0.3) is 5.69 Å². The molecule has 1 fully saturated rings. The van der Waals surface area contributed by atoms with E-state index >= 15 is 0 Å². The van der Waals surface area contributed by atoms with Crippen LogP contribution >= 0.6 is 27.7 Å². The van der Waals surface area contributed by atoms with Crippen LogP contribution in [0, 0.1) is 26.7 Å². The number of carbonyl (C=O) groups excluding carboxylic acids is 2. The molecule has 0 amide bonds. The van der Waals surface area contributed by atoms with Crippen molar-refractivity contribution in [3.63, 3.8) is 0 Å². The molecule has 2 unspecified atom stereocenters. The molecule has 3 atom stereocenters. The fourth-order valence-corrected chi connectivity index (χ4v) is 9.65. The first-order valence-electron chi connectivity index (χ1n) is 22.0. The fraction of sp³-hybridized carbons (Fsp3) is 0.617. The van der Waals surface area contributed by atoms with Gasteiger partial charge in [-0.25, -0.2) is 9.78 Å². The maximum atomic E-state index is 13.1. The highest BCUT2D eigenvalue weighted by Crippen LogP contribution is 2.38. The molecule has 4 heterocycles. The van der Waals surface area contributed by atoms with E-state index in [1.165, 1.54) is 90.6 Å². The molecule has 0 aliphatic carbocycles.